The number of phenols is 1. The van der Waals surface area contributed by atoms with E-state index in [0.29, 0.717) is 18.7 Å². The molecule has 1 aromatic heterocycles. The molecule has 10 heteroatoms. The number of nitrogens with one attached hydrogen (secondary N) is 3. The highest BCUT2D eigenvalue weighted by Gasteiger charge is 2.17. The second kappa shape index (κ2) is 9.90. The van der Waals surface area contributed by atoms with Crippen LogP contribution in [0.4, 0.5) is 5.69 Å². The second-order valence-electron chi connectivity index (χ2n) is 8.11. The van der Waals surface area contributed by atoms with Crippen LogP contribution >= 0.6 is 0 Å². The van der Waals surface area contributed by atoms with Gasteiger partial charge < -0.3 is 25.3 Å². The van der Waals surface area contributed by atoms with Crippen LogP contribution in [0.1, 0.15) is 11.7 Å². The number of H-pyrrole nitrogens is 1. The summed E-state index contributed by atoms with van der Waals surface area (Å²) in [6, 6.07) is 18.4. The van der Waals surface area contributed by atoms with Gasteiger partial charge in [-0.3, -0.25) is 4.72 Å². The predicted octanol–water partition coefficient (Wildman–Crippen LogP) is 2.95. The highest BCUT2D eigenvalue weighted by Crippen LogP contribution is 2.29. The van der Waals surface area contributed by atoms with Gasteiger partial charge in [0.25, 0.3) is 0 Å². The average molecular weight is 485 g/mol. The van der Waals surface area contributed by atoms with Crippen LogP contribution in [0.3, 0.4) is 0 Å². The van der Waals surface area contributed by atoms with Gasteiger partial charge in [0.2, 0.25) is 0 Å². The minimum absolute atomic E-state index is 0.000883. The van der Waals surface area contributed by atoms with Gasteiger partial charge in [0, 0.05) is 49.5 Å². The number of hydrogen-bond donors (Lipinski definition) is 5. The quantitative estimate of drug-likeness (QED) is 0.174. The molecule has 0 spiro atoms. The maximum atomic E-state index is 12.0. The lowest BCUT2D eigenvalue weighted by Gasteiger charge is -2.17. The normalized spacial score (nSPS) is 12.9. The fourth-order valence-corrected chi connectivity index (χ4v) is 4.22. The van der Waals surface area contributed by atoms with Gasteiger partial charge in [0.15, 0.2) is 0 Å². The Balaban J connectivity index is 1.29. The van der Waals surface area contributed by atoms with Crippen LogP contribution in [0, 0.1) is 0 Å². The lowest BCUT2D eigenvalue weighted by atomic mass is 10.1. The summed E-state index contributed by atoms with van der Waals surface area (Å²) in [4.78, 5) is 3.39. The van der Waals surface area contributed by atoms with E-state index in [-0.39, 0.29) is 18.0 Å². The zero-order valence-electron chi connectivity index (χ0n) is 18.9. The highest BCUT2D eigenvalue weighted by molar-refractivity contribution is 7.90. The second-order valence-corrected chi connectivity index (χ2v) is 10.00. The summed E-state index contributed by atoms with van der Waals surface area (Å²) >= 11 is 0. The predicted molar refractivity (Wildman–Crippen MR) is 133 cm³/mol. The zero-order chi connectivity index (χ0) is 24.3. The third-order valence-corrected chi connectivity index (χ3v) is 6.93. The summed E-state index contributed by atoms with van der Waals surface area (Å²) in [5, 5.41) is 25.9. The molecule has 0 radical (unpaired) electrons. The number of aliphatic hydroxyl groups excluding tert-OH is 1. The molecule has 5 N–H and O–H groups in total. The first kappa shape index (κ1) is 23.8. The molecule has 0 aliphatic carbocycles. The first-order chi connectivity index (χ1) is 16.2. The molecule has 1 heterocycles. The van der Waals surface area contributed by atoms with Crippen LogP contribution in [0.5, 0.6) is 11.5 Å². The number of para-hydroxylation sites is 1. The summed E-state index contributed by atoms with van der Waals surface area (Å²) in [5.41, 5.74) is 2.56. The molecule has 0 bridgehead atoms. The SMILES string of the molecule is CN(C)S(=O)(=O)Nc1cc(C(O)CNCCOc2ccc3c(c2)[nH]c2ccccc23)ccc1O. The van der Waals surface area contributed by atoms with E-state index in [9.17, 15) is 18.6 Å². The van der Waals surface area contributed by atoms with Crippen molar-refractivity contribution < 1.29 is 23.4 Å². The standard InChI is InChI=1S/C24H28N4O5S/c1-28(2)34(31,32)27-22-13-16(7-10-23(22)29)24(30)15-25-11-12-33-17-8-9-19-18-5-3-4-6-20(18)26-21(19)14-17/h3-10,13-14,24-27,29-30H,11-12,15H2,1-2H3. The number of aromatic nitrogens is 1. The smallest absolute Gasteiger partial charge is 0.301 e. The molecule has 3 aromatic carbocycles. The molecule has 4 aromatic rings. The van der Waals surface area contributed by atoms with Crippen LogP contribution in [0.15, 0.2) is 60.7 Å². The van der Waals surface area contributed by atoms with E-state index in [0.717, 1.165) is 26.5 Å². The monoisotopic (exact) mass is 484 g/mol. The minimum atomic E-state index is -3.78. The van der Waals surface area contributed by atoms with Crippen molar-refractivity contribution in [2.75, 3.05) is 38.5 Å². The van der Waals surface area contributed by atoms with Crippen molar-refractivity contribution in [1.82, 2.24) is 14.6 Å². The van der Waals surface area contributed by atoms with Crippen LogP contribution in [0.25, 0.3) is 21.8 Å². The number of ether oxygens (including phenoxy) is 1. The summed E-state index contributed by atoms with van der Waals surface area (Å²) in [6.45, 7) is 1.14. The third-order valence-electron chi connectivity index (χ3n) is 5.49. The Morgan fingerprint density at radius 3 is 2.59 bits per heavy atom. The van der Waals surface area contributed by atoms with Crippen LogP contribution in [-0.2, 0) is 10.2 Å². The molecule has 0 fully saturated rings. The highest BCUT2D eigenvalue weighted by atomic mass is 32.2. The topological polar surface area (TPSA) is 127 Å². The van der Waals surface area contributed by atoms with E-state index in [4.69, 9.17) is 4.74 Å². The number of nitrogens with zero attached hydrogens (tertiary/aromatic N) is 1. The number of aromatic amines is 1. The van der Waals surface area contributed by atoms with E-state index in [1.165, 1.54) is 31.6 Å². The van der Waals surface area contributed by atoms with Crippen LogP contribution < -0.4 is 14.8 Å². The molecule has 4 rings (SSSR count). The van der Waals surface area contributed by atoms with E-state index in [1.807, 2.05) is 36.4 Å². The molecular formula is C24H28N4O5S. The fraction of sp³-hybridized carbons (Fsp3) is 0.250. The van der Waals surface area contributed by atoms with Crippen molar-refractivity contribution in [2.45, 2.75) is 6.10 Å². The molecule has 180 valence electrons. The van der Waals surface area contributed by atoms with Gasteiger partial charge in [0.1, 0.15) is 18.1 Å². The number of fused-ring (bicyclic) bond motifs is 3. The molecule has 0 saturated carbocycles. The van der Waals surface area contributed by atoms with E-state index < -0.39 is 16.3 Å². The van der Waals surface area contributed by atoms with Crippen molar-refractivity contribution in [3.8, 4) is 11.5 Å². The Kier molecular flexibility index (Phi) is 6.94. The van der Waals surface area contributed by atoms with Crippen molar-refractivity contribution in [2.24, 2.45) is 0 Å². The van der Waals surface area contributed by atoms with Gasteiger partial charge in [-0.05, 0) is 35.9 Å². The van der Waals surface area contributed by atoms with Gasteiger partial charge in [-0.2, -0.15) is 12.7 Å². The average Bonchev–Trinajstić information content (AvgIpc) is 3.17. The number of benzene rings is 3. The Labute approximate surface area is 198 Å². The molecule has 0 amide bonds. The van der Waals surface area contributed by atoms with Crippen LogP contribution in [0.2, 0.25) is 0 Å². The van der Waals surface area contributed by atoms with E-state index in [2.05, 4.69) is 21.1 Å². The van der Waals surface area contributed by atoms with E-state index >= 15 is 0 Å². The largest absolute Gasteiger partial charge is 0.506 e. The number of phenolic OH excluding ortho intramolecular Hbond substituents is 1. The molecular weight excluding hydrogens is 456 g/mol. The molecule has 0 aliphatic rings. The summed E-state index contributed by atoms with van der Waals surface area (Å²) in [7, 11) is -1.03. The summed E-state index contributed by atoms with van der Waals surface area (Å²) in [5.74, 6) is 0.521. The third kappa shape index (κ3) is 5.26. The van der Waals surface area contributed by atoms with Gasteiger partial charge >= 0.3 is 10.2 Å². The first-order valence-corrected chi connectivity index (χ1v) is 12.2. The number of rotatable bonds is 10. The maximum Gasteiger partial charge on any atom is 0.301 e. The molecule has 34 heavy (non-hydrogen) atoms. The van der Waals surface area contributed by atoms with Crippen molar-refractivity contribution in [1.29, 1.82) is 0 Å². The number of aliphatic hydroxyl groups is 1. The molecule has 0 saturated heterocycles. The van der Waals surface area contributed by atoms with E-state index in [1.54, 1.807) is 6.07 Å². The lowest BCUT2D eigenvalue weighted by Crippen LogP contribution is -2.29. The zero-order valence-corrected chi connectivity index (χ0v) is 19.8. The number of aromatic hydroxyl groups is 1. The van der Waals surface area contributed by atoms with Gasteiger partial charge in [-0.25, -0.2) is 0 Å². The molecule has 0 aliphatic heterocycles. The number of anilines is 1. The summed E-state index contributed by atoms with van der Waals surface area (Å²) in [6.07, 6.45) is -0.897. The first-order valence-electron chi connectivity index (χ1n) is 10.8. The Bertz CT molecular complexity index is 1400. The Morgan fingerprint density at radius 2 is 1.79 bits per heavy atom. The molecule has 1 unspecified atom stereocenters. The van der Waals surface area contributed by atoms with Crippen molar-refractivity contribution in [3.05, 3.63) is 66.2 Å². The van der Waals surface area contributed by atoms with Crippen LogP contribution in [-0.4, -0.2) is 61.7 Å². The summed E-state index contributed by atoms with van der Waals surface area (Å²) < 4.78 is 33.2. The van der Waals surface area contributed by atoms with Gasteiger partial charge in [-0.15, -0.1) is 0 Å². The molecule has 9 nitrogen and oxygen atoms in total. The van der Waals surface area contributed by atoms with Gasteiger partial charge in [-0.1, -0.05) is 24.3 Å². The minimum Gasteiger partial charge on any atom is -0.506 e. The lowest BCUT2D eigenvalue weighted by molar-refractivity contribution is 0.172. The molecule has 1 atom stereocenters. The fourth-order valence-electron chi connectivity index (χ4n) is 3.59. The number of hydrogen-bond acceptors (Lipinski definition) is 6. The van der Waals surface area contributed by atoms with Gasteiger partial charge in [0.05, 0.1) is 17.3 Å². The van der Waals surface area contributed by atoms with Crippen molar-refractivity contribution in [3.63, 3.8) is 0 Å². The maximum absolute atomic E-state index is 12.0. The Morgan fingerprint density at radius 1 is 1.03 bits per heavy atom. The Hall–Kier alpha value is -3.31. The van der Waals surface area contributed by atoms with Crippen molar-refractivity contribution >= 4 is 37.7 Å².